The van der Waals surface area contributed by atoms with E-state index in [9.17, 15) is 4.79 Å². The van der Waals surface area contributed by atoms with Gasteiger partial charge in [0.1, 0.15) is 16.4 Å². The number of rotatable bonds is 6. The van der Waals surface area contributed by atoms with E-state index in [1.165, 1.54) is 24.6 Å². The summed E-state index contributed by atoms with van der Waals surface area (Å²) in [5, 5.41) is 9.65. The minimum absolute atomic E-state index is 0.181. The fraction of sp³-hybridized carbons (Fsp3) is 0.583. The molecular weight excluding hydrogens is 252 g/mol. The van der Waals surface area contributed by atoms with Crippen LogP contribution in [0.4, 0.5) is 0 Å². The van der Waals surface area contributed by atoms with E-state index in [2.05, 4.69) is 9.97 Å². The van der Waals surface area contributed by atoms with Crippen LogP contribution < -0.4 is 0 Å². The summed E-state index contributed by atoms with van der Waals surface area (Å²) >= 11 is 1.32. The molecule has 5 nitrogen and oxygen atoms in total. The van der Waals surface area contributed by atoms with Gasteiger partial charge in [-0.2, -0.15) is 0 Å². The number of aryl methyl sites for hydroxylation is 2. The van der Waals surface area contributed by atoms with Crippen molar-refractivity contribution < 1.29 is 14.6 Å². The molecule has 0 atom stereocenters. The molecule has 1 aliphatic carbocycles. The molecule has 0 unspecified atom stereocenters. The van der Waals surface area contributed by atoms with Gasteiger partial charge in [0.05, 0.1) is 18.2 Å². The zero-order valence-corrected chi connectivity index (χ0v) is 11.3. The fourth-order valence-electron chi connectivity index (χ4n) is 1.63. The van der Waals surface area contributed by atoms with Gasteiger partial charge in [0.25, 0.3) is 0 Å². The van der Waals surface area contributed by atoms with Gasteiger partial charge in [0.15, 0.2) is 0 Å². The monoisotopic (exact) mass is 268 g/mol. The van der Waals surface area contributed by atoms with Crippen molar-refractivity contribution >= 4 is 17.7 Å². The van der Waals surface area contributed by atoms with E-state index in [0.29, 0.717) is 28.4 Å². The molecule has 0 aromatic carbocycles. The van der Waals surface area contributed by atoms with E-state index in [1.807, 2.05) is 0 Å². The number of thioether (sulfide) groups is 1. The highest BCUT2D eigenvalue weighted by Gasteiger charge is 2.22. The molecule has 0 amide bonds. The predicted molar refractivity (Wildman–Crippen MR) is 67.9 cm³/mol. The number of hydrogen-bond acceptors (Lipinski definition) is 5. The highest BCUT2D eigenvalue weighted by Crippen LogP contribution is 2.30. The molecule has 1 N–H and O–H groups in total. The SMILES string of the molecule is Cc1nc(C)c(C(=O)O)c(SCOCC2CC2)n1. The average Bonchev–Trinajstić information content (AvgIpc) is 3.06. The zero-order chi connectivity index (χ0) is 13.1. The Bertz CT molecular complexity index is 461. The van der Waals surface area contributed by atoms with Crippen LogP contribution in [0.3, 0.4) is 0 Å². The first kappa shape index (κ1) is 13.3. The molecule has 0 saturated heterocycles. The highest BCUT2D eigenvalue weighted by molar-refractivity contribution is 7.99. The third-order valence-electron chi connectivity index (χ3n) is 2.71. The van der Waals surface area contributed by atoms with Crippen LogP contribution in [0, 0.1) is 19.8 Å². The average molecular weight is 268 g/mol. The van der Waals surface area contributed by atoms with Gasteiger partial charge >= 0.3 is 5.97 Å². The summed E-state index contributed by atoms with van der Waals surface area (Å²) in [6, 6.07) is 0. The molecule has 98 valence electrons. The van der Waals surface area contributed by atoms with Gasteiger partial charge in [-0.1, -0.05) is 11.8 Å². The normalized spacial score (nSPS) is 14.8. The first-order valence-electron chi connectivity index (χ1n) is 5.87. The predicted octanol–water partition coefficient (Wildman–Crippen LogP) is 2.27. The van der Waals surface area contributed by atoms with Crippen molar-refractivity contribution in [2.75, 3.05) is 12.5 Å². The number of carboxylic acids is 1. The van der Waals surface area contributed by atoms with Crippen molar-refractivity contribution in [1.29, 1.82) is 0 Å². The topological polar surface area (TPSA) is 72.3 Å². The number of carbonyl (C=O) groups is 1. The summed E-state index contributed by atoms with van der Waals surface area (Å²) in [5.41, 5.74) is 0.681. The highest BCUT2D eigenvalue weighted by atomic mass is 32.2. The molecule has 1 saturated carbocycles. The van der Waals surface area contributed by atoms with Crippen LogP contribution in [0.1, 0.15) is 34.7 Å². The van der Waals surface area contributed by atoms with Crippen molar-refractivity contribution in [1.82, 2.24) is 9.97 Å². The Kier molecular flexibility index (Phi) is 4.19. The molecule has 0 aliphatic heterocycles. The number of hydrogen-bond donors (Lipinski definition) is 1. The molecule has 2 rings (SSSR count). The van der Waals surface area contributed by atoms with Gasteiger partial charge in [0.2, 0.25) is 0 Å². The molecule has 0 radical (unpaired) electrons. The van der Waals surface area contributed by atoms with E-state index >= 15 is 0 Å². The maximum atomic E-state index is 11.2. The van der Waals surface area contributed by atoms with Crippen molar-refractivity contribution in [2.45, 2.75) is 31.7 Å². The van der Waals surface area contributed by atoms with Crippen molar-refractivity contribution in [3.8, 4) is 0 Å². The van der Waals surface area contributed by atoms with Crippen molar-refractivity contribution in [3.05, 3.63) is 17.1 Å². The number of aromatic carboxylic acids is 1. The first-order valence-corrected chi connectivity index (χ1v) is 6.85. The van der Waals surface area contributed by atoms with Crippen LogP contribution in [0.15, 0.2) is 5.03 Å². The van der Waals surface area contributed by atoms with Crippen molar-refractivity contribution in [3.63, 3.8) is 0 Å². The molecule has 1 heterocycles. The van der Waals surface area contributed by atoms with E-state index in [-0.39, 0.29) is 5.56 Å². The zero-order valence-electron chi connectivity index (χ0n) is 10.5. The lowest BCUT2D eigenvalue weighted by Crippen LogP contribution is -2.08. The van der Waals surface area contributed by atoms with Gasteiger partial charge in [-0.3, -0.25) is 0 Å². The van der Waals surface area contributed by atoms with E-state index in [0.717, 1.165) is 6.61 Å². The Balaban J connectivity index is 2.02. The molecule has 0 spiro atoms. The third kappa shape index (κ3) is 3.43. The maximum absolute atomic E-state index is 11.2. The molecule has 18 heavy (non-hydrogen) atoms. The van der Waals surface area contributed by atoms with Crippen LogP contribution in [0.5, 0.6) is 0 Å². The Morgan fingerprint density at radius 1 is 1.44 bits per heavy atom. The molecule has 1 aromatic rings. The van der Waals surface area contributed by atoms with Crippen LogP contribution in [0.25, 0.3) is 0 Å². The molecular formula is C12H16N2O3S. The largest absolute Gasteiger partial charge is 0.478 e. The van der Waals surface area contributed by atoms with Gasteiger partial charge in [0, 0.05) is 0 Å². The lowest BCUT2D eigenvalue weighted by Gasteiger charge is -2.08. The summed E-state index contributed by atoms with van der Waals surface area (Å²) < 4.78 is 5.49. The van der Waals surface area contributed by atoms with Gasteiger partial charge < -0.3 is 9.84 Å². The number of nitrogens with zero attached hydrogens (tertiary/aromatic N) is 2. The second-order valence-electron chi connectivity index (χ2n) is 4.42. The smallest absolute Gasteiger partial charge is 0.340 e. The Labute approximate surface area is 110 Å². The first-order chi connectivity index (χ1) is 8.58. The Morgan fingerprint density at radius 3 is 2.78 bits per heavy atom. The lowest BCUT2D eigenvalue weighted by atomic mass is 10.2. The third-order valence-corrected chi connectivity index (χ3v) is 3.57. The molecule has 0 bridgehead atoms. The number of ether oxygens (including phenoxy) is 1. The van der Waals surface area contributed by atoms with Gasteiger partial charge in [-0.25, -0.2) is 14.8 Å². The Morgan fingerprint density at radius 2 is 2.17 bits per heavy atom. The second-order valence-corrected chi connectivity index (χ2v) is 5.33. The van der Waals surface area contributed by atoms with Crippen LogP contribution in [-0.2, 0) is 4.74 Å². The quantitative estimate of drug-likeness (QED) is 0.369. The van der Waals surface area contributed by atoms with Gasteiger partial charge in [-0.05, 0) is 32.6 Å². The second kappa shape index (κ2) is 5.67. The molecule has 6 heteroatoms. The van der Waals surface area contributed by atoms with E-state index in [1.54, 1.807) is 13.8 Å². The lowest BCUT2D eigenvalue weighted by molar-refractivity contribution is 0.0690. The Hall–Kier alpha value is -1.14. The van der Waals surface area contributed by atoms with Gasteiger partial charge in [-0.15, -0.1) is 0 Å². The molecule has 1 aliphatic rings. The van der Waals surface area contributed by atoms with E-state index in [4.69, 9.17) is 9.84 Å². The number of aromatic nitrogens is 2. The maximum Gasteiger partial charge on any atom is 0.340 e. The van der Waals surface area contributed by atoms with Crippen molar-refractivity contribution in [2.24, 2.45) is 5.92 Å². The summed E-state index contributed by atoms with van der Waals surface area (Å²) in [5.74, 6) is 0.741. The minimum atomic E-state index is -0.989. The summed E-state index contributed by atoms with van der Waals surface area (Å²) in [4.78, 5) is 19.4. The van der Waals surface area contributed by atoms with Crippen LogP contribution >= 0.6 is 11.8 Å². The fourth-order valence-corrected chi connectivity index (χ4v) is 2.50. The molecule has 1 aromatic heterocycles. The number of carboxylic acid groups (broad SMARTS) is 1. The van der Waals surface area contributed by atoms with Crippen LogP contribution in [-0.4, -0.2) is 33.6 Å². The summed E-state index contributed by atoms with van der Waals surface area (Å²) in [7, 11) is 0. The standard InChI is InChI=1S/C12H16N2O3S/c1-7-10(12(15)16)11(14-8(2)13-7)18-6-17-5-9-3-4-9/h9H,3-6H2,1-2H3,(H,15,16). The summed E-state index contributed by atoms with van der Waals surface area (Å²) in [6.07, 6.45) is 2.49. The summed E-state index contributed by atoms with van der Waals surface area (Å²) in [6.45, 7) is 4.21. The molecule has 1 fully saturated rings. The minimum Gasteiger partial charge on any atom is -0.478 e. The van der Waals surface area contributed by atoms with E-state index < -0.39 is 5.97 Å². The van der Waals surface area contributed by atoms with Crippen LogP contribution in [0.2, 0.25) is 0 Å².